The molecule has 13 heavy (non-hydrogen) atoms. The van der Waals surface area contributed by atoms with Gasteiger partial charge in [-0.25, -0.2) is 0 Å². The standard InChI is InChI=1S/C9H17NO3/c1-6(2)8(9(12)13)10-5-4-7(3)11/h6,8,10H,4-5H2,1-3H3,(H,12,13). The van der Waals surface area contributed by atoms with Crippen LogP contribution in [0, 0.1) is 5.92 Å². The molecule has 76 valence electrons. The van der Waals surface area contributed by atoms with Crippen LogP contribution in [-0.4, -0.2) is 29.4 Å². The van der Waals surface area contributed by atoms with Gasteiger partial charge in [0.15, 0.2) is 0 Å². The number of carbonyl (C=O) groups is 2. The number of Topliss-reactive ketones (excluding diaryl/α,β-unsaturated/α-hetero) is 1. The van der Waals surface area contributed by atoms with E-state index in [1.807, 2.05) is 13.8 Å². The van der Waals surface area contributed by atoms with Gasteiger partial charge in [0.25, 0.3) is 0 Å². The van der Waals surface area contributed by atoms with Crippen molar-refractivity contribution < 1.29 is 14.7 Å². The average Bonchev–Trinajstić information content (AvgIpc) is 1.95. The predicted octanol–water partition coefficient (Wildman–Crippen LogP) is 0.664. The van der Waals surface area contributed by atoms with Crippen molar-refractivity contribution in [1.29, 1.82) is 0 Å². The van der Waals surface area contributed by atoms with Crippen molar-refractivity contribution in [2.45, 2.75) is 33.2 Å². The van der Waals surface area contributed by atoms with E-state index in [1.165, 1.54) is 6.92 Å². The molecule has 0 aliphatic rings. The van der Waals surface area contributed by atoms with Crippen molar-refractivity contribution in [3.63, 3.8) is 0 Å². The first-order chi connectivity index (χ1) is 5.95. The highest BCUT2D eigenvalue weighted by Crippen LogP contribution is 2.01. The Morgan fingerprint density at radius 2 is 1.92 bits per heavy atom. The Hall–Kier alpha value is -0.900. The van der Waals surface area contributed by atoms with Crippen LogP contribution in [-0.2, 0) is 9.59 Å². The van der Waals surface area contributed by atoms with Crippen molar-refractivity contribution >= 4 is 11.8 Å². The van der Waals surface area contributed by atoms with Crippen LogP contribution in [0.4, 0.5) is 0 Å². The number of hydrogen-bond acceptors (Lipinski definition) is 3. The number of carbonyl (C=O) groups excluding carboxylic acids is 1. The van der Waals surface area contributed by atoms with Gasteiger partial charge in [-0.3, -0.25) is 9.59 Å². The zero-order valence-corrected chi connectivity index (χ0v) is 8.33. The smallest absolute Gasteiger partial charge is 0.320 e. The first-order valence-electron chi connectivity index (χ1n) is 4.40. The third-order valence-corrected chi connectivity index (χ3v) is 1.77. The van der Waals surface area contributed by atoms with Gasteiger partial charge in [0, 0.05) is 13.0 Å². The molecule has 0 saturated carbocycles. The molecule has 1 atom stereocenters. The average molecular weight is 187 g/mol. The molecule has 0 spiro atoms. The van der Waals surface area contributed by atoms with Crippen molar-refractivity contribution in [2.75, 3.05) is 6.54 Å². The highest BCUT2D eigenvalue weighted by Gasteiger charge is 2.19. The number of carboxylic acid groups (broad SMARTS) is 1. The molecule has 0 aromatic heterocycles. The fourth-order valence-electron chi connectivity index (χ4n) is 1.01. The Kier molecular flexibility index (Phi) is 5.30. The van der Waals surface area contributed by atoms with Crippen molar-refractivity contribution in [2.24, 2.45) is 5.92 Å². The maximum absolute atomic E-state index is 10.7. The minimum atomic E-state index is -0.862. The fraction of sp³-hybridized carbons (Fsp3) is 0.778. The second kappa shape index (κ2) is 5.70. The molecule has 0 aliphatic carbocycles. The lowest BCUT2D eigenvalue weighted by Gasteiger charge is -2.17. The largest absolute Gasteiger partial charge is 0.480 e. The molecule has 0 aromatic carbocycles. The Morgan fingerprint density at radius 3 is 2.23 bits per heavy atom. The lowest BCUT2D eigenvalue weighted by molar-refractivity contribution is -0.140. The normalized spacial score (nSPS) is 12.9. The third kappa shape index (κ3) is 5.36. The topological polar surface area (TPSA) is 66.4 Å². The highest BCUT2D eigenvalue weighted by molar-refractivity contribution is 5.76. The maximum atomic E-state index is 10.7. The fourth-order valence-corrected chi connectivity index (χ4v) is 1.01. The zero-order valence-electron chi connectivity index (χ0n) is 8.33. The van der Waals surface area contributed by atoms with E-state index in [4.69, 9.17) is 5.11 Å². The summed E-state index contributed by atoms with van der Waals surface area (Å²) in [6, 6.07) is -0.556. The molecule has 4 heteroatoms. The van der Waals surface area contributed by atoms with Crippen LogP contribution in [0.1, 0.15) is 27.2 Å². The number of ketones is 1. The lowest BCUT2D eigenvalue weighted by Crippen LogP contribution is -2.41. The highest BCUT2D eigenvalue weighted by atomic mass is 16.4. The number of nitrogens with one attached hydrogen (secondary N) is 1. The molecule has 2 N–H and O–H groups in total. The minimum Gasteiger partial charge on any atom is -0.480 e. The number of carboxylic acids is 1. The van der Waals surface area contributed by atoms with Gasteiger partial charge >= 0.3 is 5.97 Å². The zero-order chi connectivity index (χ0) is 10.4. The third-order valence-electron chi connectivity index (χ3n) is 1.77. The molecule has 0 radical (unpaired) electrons. The van der Waals surface area contributed by atoms with E-state index in [-0.39, 0.29) is 11.7 Å². The molecule has 0 amide bonds. The van der Waals surface area contributed by atoms with E-state index >= 15 is 0 Å². The Morgan fingerprint density at radius 1 is 1.38 bits per heavy atom. The molecule has 1 unspecified atom stereocenters. The summed E-state index contributed by atoms with van der Waals surface area (Å²) < 4.78 is 0. The minimum absolute atomic E-state index is 0.0319. The van der Waals surface area contributed by atoms with Crippen LogP contribution < -0.4 is 5.32 Å². The first kappa shape index (κ1) is 12.1. The summed E-state index contributed by atoms with van der Waals surface area (Å²) in [4.78, 5) is 21.2. The van der Waals surface area contributed by atoms with Gasteiger partial charge in [-0.15, -0.1) is 0 Å². The summed E-state index contributed by atoms with van der Waals surface area (Å²) in [5.74, 6) is -0.761. The molecule has 4 nitrogen and oxygen atoms in total. The quantitative estimate of drug-likeness (QED) is 0.641. The summed E-state index contributed by atoms with van der Waals surface area (Å²) in [6.45, 7) is 5.59. The summed E-state index contributed by atoms with van der Waals surface area (Å²) >= 11 is 0. The maximum Gasteiger partial charge on any atom is 0.320 e. The molecule has 0 rings (SSSR count). The Bertz CT molecular complexity index is 189. The predicted molar refractivity (Wildman–Crippen MR) is 49.6 cm³/mol. The van der Waals surface area contributed by atoms with Crippen molar-refractivity contribution in [1.82, 2.24) is 5.32 Å². The van der Waals surface area contributed by atoms with Crippen LogP contribution >= 0.6 is 0 Å². The van der Waals surface area contributed by atoms with E-state index in [0.29, 0.717) is 13.0 Å². The number of aliphatic carboxylic acids is 1. The molecule has 0 saturated heterocycles. The van der Waals surface area contributed by atoms with Gasteiger partial charge in [0.2, 0.25) is 0 Å². The van der Waals surface area contributed by atoms with E-state index in [9.17, 15) is 9.59 Å². The van der Waals surface area contributed by atoms with Gasteiger partial charge < -0.3 is 10.4 Å². The summed E-state index contributed by atoms with van der Waals surface area (Å²) in [5.41, 5.74) is 0. The van der Waals surface area contributed by atoms with Crippen LogP contribution in [0.25, 0.3) is 0 Å². The summed E-state index contributed by atoms with van der Waals surface area (Å²) in [7, 11) is 0. The molecular weight excluding hydrogens is 170 g/mol. The van der Waals surface area contributed by atoms with Crippen LogP contribution in [0.2, 0.25) is 0 Å². The van der Waals surface area contributed by atoms with Gasteiger partial charge in [-0.1, -0.05) is 13.8 Å². The monoisotopic (exact) mass is 187 g/mol. The summed E-state index contributed by atoms with van der Waals surface area (Å²) in [5, 5.41) is 11.6. The van der Waals surface area contributed by atoms with Gasteiger partial charge in [-0.05, 0) is 12.8 Å². The van der Waals surface area contributed by atoms with E-state index in [0.717, 1.165) is 0 Å². The molecule has 0 heterocycles. The van der Waals surface area contributed by atoms with E-state index < -0.39 is 12.0 Å². The summed E-state index contributed by atoms with van der Waals surface area (Å²) in [6.07, 6.45) is 0.385. The van der Waals surface area contributed by atoms with Crippen molar-refractivity contribution in [3.8, 4) is 0 Å². The van der Waals surface area contributed by atoms with Crippen molar-refractivity contribution in [3.05, 3.63) is 0 Å². The van der Waals surface area contributed by atoms with E-state index in [1.54, 1.807) is 0 Å². The van der Waals surface area contributed by atoms with Gasteiger partial charge in [0.05, 0.1) is 0 Å². The number of rotatable bonds is 6. The lowest BCUT2D eigenvalue weighted by atomic mass is 10.0. The van der Waals surface area contributed by atoms with Gasteiger partial charge in [0.1, 0.15) is 11.8 Å². The Labute approximate surface area is 78.3 Å². The SMILES string of the molecule is CC(=O)CCNC(C(=O)O)C(C)C. The van der Waals surface area contributed by atoms with E-state index in [2.05, 4.69) is 5.32 Å². The number of hydrogen-bond donors (Lipinski definition) is 2. The second-order valence-corrected chi connectivity index (χ2v) is 3.47. The van der Waals surface area contributed by atoms with Crippen LogP contribution in [0.5, 0.6) is 0 Å². The molecule has 0 aliphatic heterocycles. The van der Waals surface area contributed by atoms with Crippen LogP contribution in [0.3, 0.4) is 0 Å². The molecule has 0 aromatic rings. The van der Waals surface area contributed by atoms with Gasteiger partial charge in [-0.2, -0.15) is 0 Å². The molecular formula is C9H17NO3. The second-order valence-electron chi connectivity index (χ2n) is 3.47. The Balaban J connectivity index is 3.84. The first-order valence-corrected chi connectivity index (χ1v) is 4.40. The molecule has 0 fully saturated rings. The molecule has 0 bridgehead atoms. The van der Waals surface area contributed by atoms with Crippen LogP contribution in [0.15, 0.2) is 0 Å².